The second kappa shape index (κ2) is 11.2. The van der Waals surface area contributed by atoms with Crippen molar-refractivity contribution in [3.63, 3.8) is 0 Å². The van der Waals surface area contributed by atoms with Gasteiger partial charge in [-0.25, -0.2) is 4.39 Å². The van der Waals surface area contributed by atoms with Gasteiger partial charge in [-0.1, -0.05) is 23.8 Å². The number of allylic oxidation sites excluding steroid dienone is 2. The van der Waals surface area contributed by atoms with Crippen molar-refractivity contribution in [3.05, 3.63) is 89.8 Å². The predicted molar refractivity (Wildman–Crippen MR) is 177 cm³/mol. The molecule has 0 spiro atoms. The summed E-state index contributed by atoms with van der Waals surface area (Å²) in [6.07, 6.45) is 1.64. The number of benzene rings is 3. The minimum atomic E-state index is -2.12. The number of likely N-dealkylation sites (tertiary alicyclic amines) is 1. The van der Waals surface area contributed by atoms with E-state index in [1.54, 1.807) is 30.3 Å². The summed E-state index contributed by atoms with van der Waals surface area (Å²) < 4.78 is 14.7. The monoisotopic (exact) mass is 689 g/mol. The van der Waals surface area contributed by atoms with E-state index in [2.05, 4.69) is 10.2 Å². The van der Waals surface area contributed by atoms with Gasteiger partial charge < -0.3 is 10.0 Å². The number of fused-ring (bicyclic) bond motifs is 4. The molecule has 0 radical (unpaired) electrons. The van der Waals surface area contributed by atoms with Crippen LogP contribution in [0.15, 0.2) is 88.6 Å². The molecule has 246 valence electrons. The van der Waals surface area contributed by atoms with Crippen molar-refractivity contribution in [1.82, 2.24) is 4.90 Å². The Morgan fingerprint density at radius 2 is 1.50 bits per heavy atom. The standard InChI is InChI=1S/C35H30Cl2FN5O5/c1-41(2)20-11-7-18(8-12-20)39-40-19-9-13-21(14-10-19)43-30(45)23-16-15-22-25(27(23)31(43)46)17-34(36)32(47)42(3)33(48)35(34,37)28(22)24-5-4-6-26(38)29(24)44/h4-15,23,25,27-28,44H,16-17H2,1-3H3/t23-,25+,27-,28+,34+,35-/m0/s1. The Morgan fingerprint density at radius 1 is 0.875 bits per heavy atom. The fourth-order valence-corrected chi connectivity index (χ4v) is 8.72. The summed E-state index contributed by atoms with van der Waals surface area (Å²) in [4.78, 5) is 55.0. The van der Waals surface area contributed by atoms with Crippen molar-refractivity contribution in [2.24, 2.45) is 28.0 Å². The number of nitrogens with zero attached hydrogens (tertiary/aromatic N) is 5. The molecule has 7 rings (SSSR count). The number of para-hydroxylation sites is 1. The SMILES string of the molecule is CN1C(=O)[C@]2(Cl)C[C@@H]3C(=CC[C@@H]4C(=O)N(c5ccc(N=Nc6ccc(N(C)C)cc6)cc5)C(=O)[C@@H]43)[C@H](c3cccc(F)c3O)[C@]2(Cl)C1=O. The number of anilines is 2. The number of carbonyl (C=O) groups excluding carboxylic acids is 4. The van der Waals surface area contributed by atoms with Gasteiger partial charge >= 0.3 is 0 Å². The van der Waals surface area contributed by atoms with Gasteiger partial charge in [-0.05, 0) is 73.4 Å². The molecule has 6 atom stereocenters. The highest BCUT2D eigenvalue weighted by atomic mass is 35.5. The zero-order chi connectivity index (χ0) is 34.3. The Morgan fingerprint density at radius 3 is 2.12 bits per heavy atom. The normalized spacial score (nSPS) is 29.7. The van der Waals surface area contributed by atoms with Crippen LogP contribution in [-0.4, -0.2) is 64.5 Å². The van der Waals surface area contributed by atoms with E-state index in [4.69, 9.17) is 23.2 Å². The molecule has 2 aliphatic heterocycles. The number of imide groups is 2. The lowest BCUT2D eigenvalue weighted by Gasteiger charge is -2.50. The average Bonchev–Trinajstić information content (AvgIpc) is 3.40. The van der Waals surface area contributed by atoms with Gasteiger partial charge in [0.15, 0.2) is 21.3 Å². The first-order chi connectivity index (χ1) is 22.8. The maximum Gasteiger partial charge on any atom is 0.253 e. The summed E-state index contributed by atoms with van der Waals surface area (Å²) >= 11 is 14.2. The van der Waals surface area contributed by atoms with Crippen LogP contribution in [0.2, 0.25) is 0 Å². The van der Waals surface area contributed by atoms with Crippen LogP contribution < -0.4 is 9.80 Å². The molecule has 1 N–H and O–H groups in total. The Balaban J connectivity index is 1.22. The molecule has 0 aromatic heterocycles. The number of halogens is 3. The van der Waals surface area contributed by atoms with E-state index in [1.807, 2.05) is 43.3 Å². The molecular weight excluding hydrogens is 660 g/mol. The number of azo groups is 1. The van der Waals surface area contributed by atoms with Crippen LogP contribution in [0.5, 0.6) is 5.75 Å². The van der Waals surface area contributed by atoms with Crippen LogP contribution in [0.3, 0.4) is 0 Å². The van der Waals surface area contributed by atoms with Crippen molar-refractivity contribution in [1.29, 1.82) is 0 Å². The second-order valence-corrected chi connectivity index (χ2v) is 14.1. The van der Waals surface area contributed by atoms with Crippen LogP contribution in [0.25, 0.3) is 0 Å². The smallest absolute Gasteiger partial charge is 0.253 e. The number of amides is 4. The molecule has 3 aromatic carbocycles. The van der Waals surface area contributed by atoms with Gasteiger partial charge in [-0.15, -0.1) is 23.2 Å². The van der Waals surface area contributed by atoms with E-state index in [9.17, 15) is 28.7 Å². The number of phenols is 1. The molecule has 2 aliphatic carbocycles. The maximum atomic E-state index is 14.7. The topological polar surface area (TPSA) is 123 Å². The molecule has 1 saturated carbocycles. The van der Waals surface area contributed by atoms with Crippen molar-refractivity contribution >= 4 is 69.6 Å². The zero-order valence-electron chi connectivity index (χ0n) is 26.1. The third kappa shape index (κ3) is 4.43. The Bertz CT molecular complexity index is 1950. The maximum absolute atomic E-state index is 14.7. The number of phenolic OH excluding ortho intramolecular Hbond substituents is 1. The van der Waals surface area contributed by atoms with Crippen molar-refractivity contribution in [3.8, 4) is 5.75 Å². The summed E-state index contributed by atoms with van der Waals surface area (Å²) in [7, 11) is 5.15. The molecule has 0 bridgehead atoms. The fraction of sp³-hybridized carbons (Fsp3) is 0.314. The van der Waals surface area contributed by atoms with E-state index in [-0.39, 0.29) is 18.4 Å². The minimum absolute atomic E-state index is 0.0344. The van der Waals surface area contributed by atoms with Crippen molar-refractivity contribution in [2.45, 2.75) is 28.5 Å². The summed E-state index contributed by atoms with van der Waals surface area (Å²) in [6, 6.07) is 17.9. The van der Waals surface area contributed by atoms with Gasteiger partial charge in [0.25, 0.3) is 11.8 Å². The molecule has 4 aliphatic rings. The van der Waals surface area contributed by atoms with E-state index in [0.717, 1.165) is 21.6 Å². The second-order valence-electron chi connectivity index (χ2n) is 12.8. The van der Waals surface area contributed by atoms with Crippen LogP contribution in [-0.2, 0) is 19.2 Å². The summed E-state index contributed by atoms with van der Waals surface area (Å²) in [5.41, 5.74) is 2.95. The summed E-state index contributed by atoms with van der Waals surface area (Å²) in [5.74, 6) is -7.93. The van der Waals surface area contributed by atoms with Crippen LogP contribution >= 0.6 is 23.2 Å². The quantitative estimate of drug-likeness (QED) is 0.147. The van der Waals surface area contributed by atoms with Crippen molar-refractivity contribution in [2.75, 3.05) is 30.9 Å². The Hall–Kier alpha value is -4.61. The Kier molecular flexibility index (Phi) is 7.48. The van der Waals surface area contributed by atoms with E-state index in [1.165, 1.54) is 19.2 Å². The number of carbonyl (C=O) groups is 4. The highest BCUT2D eigenvalue weighted by Gasteiger charge is 2.76. The van der Waals surface area contributed by atoms with E-state index in [0.29, 0.717) is 22.6 Å². The third-order valence-electron chi connectivity index (χ3n) is 10.1. The van der Waals surface area contributed by atoms with Gasteiger partial charge in [0.05, 0.1) is 28.9 Å². The first-order valence-electron chi connectivity index (χ1n) is 15.3. The lowest BCUT2D eigenvalue weighted by Crippen LogP contribution is -2.60. The van der Waals surface area contributed by atoms with E-state index < -0.39 is 68.6 Å². The molecule has 2 saturated heterocycles. The minimum Gasteiger partial charge on any atom is -0.505 e. The molecule has 48 heavy (non-hydrogen) atoms. The Labute approximate surface area is 285 Å². The molecular formula is C35H30Cl2FN5O5. The number of hydrogen-bond acceptors (Lipinski definition) is 8. The molecule has 3 fully saturated rings. The number of hydrogen-bond donors (Lipinski definition) is 1. The first-order valence-corrected chi connectivity index (χ1v) is 16.1. The molecule has 2 heterocycles. The zero-order valence-corrected chi connectivity index (χ0v) is 27.6. The predicted octanol–water partition coefficient (Wildman–Crippen LogP) is 6.21. The highest BCUT2D eigenvalue weighted by molar-refractivity contribution is 6.53. The molecule has 4 amide bonds. The summed E-state index contributed by atoms with van der Waals surface area (Å²) in [5, 5.41) is 19.4. The van der Waals surface area contributed by atoms with Gasteiger partial charge in [0.1, 0.15) is 0 Å². The fourth-order valence-electron chi connectivity index (χ4n) is 7.71. The van der Waals surface area contributed by atoms with Gasteiger partial charge in [0.2, 0.25) is 11.8 Å². The molecule has 10 nitrogen and oxygen atoms in total. The van der Waals surface area contributed by atoms with Gasteiger partial charge in [0, 0.05) is 38.3 Å². The first kappa shape index (κ1) is 32.0. The molecule has 13 heteroatoms. The third-order valence-corrected chi connectivity index (χ3v) is 11.5. The van der Waals surface area contributed by atoms with Crippen molar-refractivity contribution < 1.29 is 28.7 Å². The summed E-state index contributed by atoms with van der Waals surface area (Å²) in [6.45, 7) is 0. The average molecular weight is 691 g/mol. The lowest BCUT2D eigenvalue weighted by atomic mass is 9.56. The molecule has 3 aromatic rings. The molecule has 0 unspecified atom stereocenters. The van der Waals surface area contributed by atoms with Gasteiger partial charge in [-0.3, -0.25) is 29.0 Å². The number of rotatable bonds is 5. The van der Waals surface area contributed by atoms with Crippen LogP contribution in [0.1, 0.15) is 24.3 Å². The van der Waals surface area contributed by atoms with Crippen LogP contribution in [0, 0.1) is 23.6 Å². The highest BCUT2D eigenvalue weighted by Crippen LogP contribution is 2.66. The van der Waals surface area contributed by atoms with Crippen LogP contribution in [0.4, 0.5) is 27.1 Å². The lowest BCUT2D eigenvalue weighted by molar-refractivity contribution is -0.138. The largest absolute Gasteiger partial charge is 0.505 e. The van der Waals surface area contributed by atoms with E-state index >= 15 is 0 Å². The number of aromatic hydroxyl groups is 1. The van der Waals surface area contributed by atoms with Gasteiger partial charge in [-0.2, -0.15) is 10.2 Å². The number of alkyl halides is 2.